The predicted octanol–water partition coefficient (Wildman–Crippen LogP) is 4.22. The van der Waals surface area contributed by atoms with E-state index >= 15 is 0 Å². The van der Waals surface area contributed by atoms with Crippen LogP contribution in [-0.4, -0.2) is 53.1 Å². The molecule has 1 aliphatic heterocycles. The van der Waals surface area contributed by atoms with Gasteiger partial charge in [-0.1, -0.05) is 12.1 Å². The molecule has 28 heavy (non-hydrogen) atoms. The van der Waals surface area contributed by atoms with E-state index in [1.54, 1.807) is 12.0 Å². The molecule has 0 saturated carbocycles. The van der Waals surface area contributed by atoms with E-state index in [0.717, 1.165) is 24.2 Å². The van der Waals surface area contributed by atoms with Gasteiger partial charge in [0.05, 0.1) is 7.11 Å². The van der Waals surface area contributed by atoms with Crippen LogP contribution in [0.2, 0.25) is 0 Å². The van der Waals surface area contributed by atoms with Crippen LogP contribution in [0.5, 0.6) is 5.75 Å². The second kappa shape index (κ2) is 9.30. The summed E-state index contributed by atoms with van der Waals surface area (Å²) in [6.45, 7) is 10.6. The monoisotopic (exact) mass is 390 g/mol. The fraction of sp³-hybridized carbons (Fsp3) is 0.636. The molecule has 0 N–H and O–H groups in total. The lowest BCUT2D eigenvalue weighted by Crippen LogP contribution is -2.55. The van der Waals surface area contributed by atoms with Crippen molar-refractivity contribution in [2.75, 3.05) is 13.7 Å². The lowest BCUT2D eigenvalue weighted by molar-refractivity contribution is -0.140. The molecule has 0 spiro atoms. The largest absolute Gasteiger partial charge is 0.497 e. The summed E-state index contributed by atoms with van der Waals surface area (Å²) in [5.41, 5.74) is 0.450. The van der Waals surface area contributed by atoms with Crippen molar-refractivity contribution < 1.29 is 19.1 Å². The molecule has 6 heteroatoms. The van der Waals surface area contributed by atoms with Gasteiger partial charge in [-0.05, 0) is 71.6 Å². The first-order chi connectivity index (χ1) is 13.1. The summed E-state index contributed by atoms with van der Waals surface area (Å²) in [4.78, 5) is 29.5. The van der Waals surface area contributed by atoms with Gasteiger partial charge in [-0.2, -0.15) is 0 Å². The summed E-state index contributed by atoms with van der Waals surface area (Å²) in [6.07, 6.45) is 2.09. The van der Waals surface area contributed by atoms with Crippen LogP contribution in [0.3, 0.4) is 0 Å². The number of likely N-dealkylation sites (tertiary alicyclic amines) is 1. The number of methoxy groups -OCH3 is 1. The SMILES string of the molecule is COc1ccc(CN(C(=O)[C@H]2CCCCN2C(=O)OC(C)(C)C)C(C)C)cc1. The average molecular weight is 391 g/mol. The number of carbonyl (C=O) groups excluding carboxylic acids is 2. The quantitative estimate of drug-likeness (QED) is 0.755. The van der Waals surface area contributed by atoms with Gasteiger partial charge >= 0.3 is 6.09 Å². The summed E-state index contributed by atoms with van der Waals surface area (Å²) in [7, 11) is 1.63. The van der Waals surface area contributed by atoms with Crippen molar-refractivity contribution in [3.05, 3.63) is 29.8 Å². The van der Waals surface area contributed by atoms with E-state index in [1.165, 1.54) is 0 Å². The van der Waals surface area contributed by atoms with Crippen LogP contribution >= 0.6 is 0 Å². The highest BCUT2D eigenvalue weighted by Gasteiger charge is 2.37. The number of nitrogens with zero attached hydrogens (tertiary/aromatic N) is 2. The standard InChI is InChI=1S/C22H34N2O4/c1-16(2)24(15-17-10-12-18(27-6)13-11-17)20(25)19-9-7-8-14-23(19)21(26)28-22(3,4)5/h10-13,16,19H,7-9,14-15H2,1-6H3/t19-/m1/s1. The molecule has 0 aliphatic carbocycles. The Hall–Kier alpha value is -2.24. The van der Waals surface area contributed by atoms with Gasteiger partial charge in [-0.3, -0.25) is 9.69 Å². The van der Waals surface area contributed by atoms with Crippen molar-refractivity contribution >= 4 is 12.0 Å². The third-order valence-corrected chi connectivity index (χ3v) is 4.83. The van der Waals surface area contributed by atoms with Crippen LogP contribution in [0.15, 0.2) is 24.3 Å². The van der Waals surface area contributed by atoms with Gasteiger partial charge in [0, 0.05) is 19.1 Å². The predicted molar refractivity (Wildman–Crippen MR) is 109 cm³/mol. The molecule has 1 aromatic rings. The molecule has 0 bridgehead atoms. The number of ether oxygens (including phenoxy) is 2. The van der Waals surface area contributed by atoms with E-state index in [0.29, 0.717) is 19.5 Å². The van der Waals surface area contributed by atoms with Crippen LogP contribution in [-0.2, 0) is 16.1 Å². The first-order valence-electron chi connectivity index (χ1n) is 10.1. The summed E-state index contributed by atoms with van der Waals surface area (Å²) >= 11 is 0. The topological polar surface area (TPSA) is 59.1 Å². The maximum atomic E-state index is 13.4. The number of piperidine rings is 1. The number of rotatable bonds is 5. The summed E-state index contributed by atoms with van der Waals surface area (Å²) in [5.74, 6) is 0.769. The molecule has 2 rings (SSSR count). The highest BCUT2D eigenvalue weighted by molar-refractivity contribution is 5.86. The van der Waals surface area contributed by atoms with Crippen molar-refractivity contribution in [1.29, 1.82) is 0 Å². The average Bonchev–Trinajstić information content (AvgIpc) is 2.64. The first kappa shape index (κ1) is 22.1. The molecule has 0 aromatic heterocycles. The molecule has 1 aromatic carbocycles. The van der Waals surface area contributed by atoms with Gasteiger partial charge < -0.3 is 14.4 Å². The number of amides is 2. The zero-order valence-corrected chi connectivity index (χ0v) is 18.0. The first-order valence-corrected chi connectivity index (χ1v) is 10.1. The Labute approximate surface area is 168 Å². The number of benzene rings is 1. The Morgan fingerprint density at radius 1 is 1.18 bits per heavy atom. The maximum absolute atomic E-state index is 13.4. The van der Waals surface area contributed by atoms with Gasteiger partial charge in [-0.15, -0.1) is 0 Å². The summed E-state index contributed by atoms with van der Waals surface area (Å²) in [5, 5.41) is 0. The van der Waals surface area contributed by atoms with Gasteiger partial charge in [0.2, 0.25) is 5.91 Å². The smallest absolute Gasteiger partial charge is 0.410 e. The fourth-order valence-corrected chi connectivity index (χ4v) is 3.36. The maximum Gasteiger partial charge on any atom is 0.410 e. The lowest BCUT2D eigenvalue weighted by Gasteiger charge is -2.39. The normalized spacial score (nSPS) is 17.4. The Kier molecular flexibility index (Phi) is 7.33. The highest BCUT2D eigenvalue weighted by Crippen LogP contribution is 2.24. The number of carbonyl (C=O) groups is 2. The van der Waals surface area contributed by atoms with E-state index in [-0.39, 0.29) is 11.9 Å². The molecular formula is C22H34N2O4. The summed E-state index contributed by atoms with van der Waals surface area (Å²) < 4.78 is 10.7. The van der Waals surface area contributed by atoms with E-state index in [4.69, 9.17) is 9.47 Å². The molecule has 1 saturated heterocycles. The third kappa shape index (κ3) is 5.88. The molecule has 1 heterocycles. The van der Waals surface area contributed by atoms with Crippen molar-refractivity contribution in [1.82, 2.24) is 9.80 Å². The lowest BCUT2D eigenvalue weighted by atomic mass is 10.0. The molecule has 0 radical (unpaired) electrons. The molecular weight excluding hydrogens is 356 g/mol. The second-order valence-corrected chi connectivity index (χ2v) is 8.59. The molecule has 6 nitrogen and oxygen atoms in total. The van der Waals surface area contributed by atoms with E-state index in [1.807, 2.05) is 63.8 Å². The van der Waals surface area contributed by atoms with E-state index in [2.05, 4.69) is 0 Å². The number of hydrogen-bond acceptors (Lipinski definition) is 4. The second-order valence-electron chi connectivity index (χ2n) is 8.59. The zero-order valence-electron chi connectivity index (χ0n) is 18.0. The minimum Gasteiger partial charge on any atom is -0.497 e. The van der Waals surface area contributed by atoms with Crippen molar-refractivity contribution in [3.8, 4) is 5.75 Å². The molecule has 156 valence electrons. The van der Waals surface area contributed by atoms with E-state index in [9.17, 15) is 9.59 Å². The zero-order chi connectivity index (χ0) is 20.9. The minimum absolute atomic E-state index is 0.0172. The Balaban J connectivity index is 2.17. The van der Waals surface area contributed by atoms with Crippen LogP contribution in [0.4, 0.5) is 4.79 Å². The molecule has 1 atom stereocenters. The van der Waals surface area contributed by atoms with Crippen molar-refractivity contribution in [2.24, 2.45) is 0 Å². The molecule has 1 fully saturated rings. The molecule has 0 unspecified atom stereocenters. The molecule has 1 aliphatic rings. The Bertz CT molecular complexity index is 664. The highest BCUT2D eigenvalue weighted by atomic mass is 16.6. The van der Waals surface area contributed by atoms with Crippen molar-refractivity contribution in [3.63, 3.8) is 0 Å². The van der Waals surface area contributed by atoms with Crippen LogP contribution in [0.1, 0.15) is 59.4 Å². The molecule has 2 amide bonds. The van der Waals surface area contributed by atoms with E-state index < -0.39 is 17.7 Å². The number of hydrogen-bond donors (Lipinski definition) is 0. The van der Waals surface area contributed by atoms with Gasteiger partial charge in [0.1, 0.15) is 17.4 Å². The van der Waals surface area contributed by atoms with Gasteiger partial charge in [0.25, 0.3) is 0 Å². The van der Waals surface area contributed by atoms with Crippen LogP contribution in [0, 0.1) is 0 Å². The van der Waals surface area contributed by atoms with Gasteiger partial charge in [0.15, 0.2) is 0 Å². The Morgan fingerprint density at radius 3 is 2.36 bits per heavy atom. The fourth-order valence-electron chi connectivity index (χ4n) is 3.36. The third-order valence-electron chi connectivity index (χ3n) is 4.83. The van der Waals surface area contributed by atoms with Crippen LogP contribution < -0.4 is 4.74 Å². The van der Waals surface area contributed by atoms with Crippen molar-refractivity contribution in [2.45, 2.75) is 78.1 Å². The van der Waals surface area contributed by atoms with Gasteiger partial charge in [-0.25, -0.2) is 4.79 Å². The van der Waals surface area contributed by atoms with Crippen LogP contribution in [0.25, 0.3) is 0 Å². The minimum atomic E-state index is -0.580. The summed E-state index contributed by atoms with van der Waals surface area (Å²) in [6, 6.07) is 7.28. The Morgan fingerprint density at radius 2 is 1.82 bits per heavy atom.